The number of halogens is 1. The van der Waals surface area contributed by atoms with Crippen molar-refractivity contribution in [3.8, 4) is 0 Å². The molecule has 2 atom stereocenters. The summed E-state index contributed by atoms with van der Waals surface area (Å²) >= 11 is 4.69. The van der Waals surface area contributed by atoms with E-state index >= 15 is 0 Å². The van der Waals surface area contributed by atoms with Gasteiger partial charge in [0.05, 0.1) is 3.79 Å². The third-order valence-electron chi connectivity index (χ3n) is 4.09. The van der Waals surface area contributed by atoms with Gasteiger partial charge in [0, 0.05) is 18.0 Å². The quantitative estimate of drug-likeness (QED) is 0.775. The van der Waals surface area contributed by atoms with Gasteiger partial charge < -0.3 is 5.73 Å². The normalized spacial score (nSPS) is 23.4. The van der Waals surface area contributed by atoms with Crippen LogP contribution in [0.1, 0.15) is 43.9 Å². The fourth-order valence-electron chi connectivity index (χ4n) is 2.98. The van der Waals surface area contributed by atoms with Gasteiger partial charge in [-0.25, -0.2) is 13.1 Å². The van der Waals surface area contributed by atoms with E-state index in [2.05, 4.69) is 27.6 Å². The summed E-state index contributed by atoms with van der Waals surface area (Å²) in [5, 5.41) is 0. The lowest BCUT2D eigenvalue weighted by molar-refractivity contribution is 0.271. The predicted octanol–water partition coefficient (Wildman–Crippen LogP) is 3.46. The van der Waals surface area contributed by atoms with Crippen molar-refractivity contribution in [2.45, 2.75) is 50.5 Å². The van der Waals surface area contributed by atoms with Gasteiger partial charge in [0.25, 0.3) is 0 Å². The molecule has 1 aliphatic carbocycles. The van der Waals surface area contributed by atoms with E-state index in [1.54, 1.807) is 6.07 Å². The van der Waals surface area contributed by atoms with Crippen molar-refractivity contribution < 1.29 is 8.42 Å². The van der Waals surface area contributed by atoms with Gasteiger partial charge in [0.15, 0.2) is 0 Å². The number of sulfonamides is 1. The molecule has 0 radical (unpaired) electrons. The highest BCUT2D eigenvalue weighted by atomic mass is 79.9. The molecule has 21 heavy (non-hydrogen) atoms. The molecule has 0 saturated heterocycles. The van der Waals surface area contributed by atoms with Gasteiger partial charge >= 0.3 is 0 Å². The second-order valence-electron chi connectivity index (χ2n) is 5.88. The van der Waals surface area contributed by atoms with Crippen LogP contribution in [0.5, 0.6) is 0 Å². The van der Waals surface area contributed by atoms with Crippen molar-refractivity contribution in [2.24, 2.45) is 17.6 Å². The number of nitrogens with two attached hydrogens (primary N) is 1. The zero-order valence-corrected chi connectivity index (χ0v) is 15.5. The summed E-state index contributed by atoms with van der Waals surface area (Å²) < 4.78 is 28.0. The van der Waals surface area contributed by atoms with Crippen molar-refractivity contribution in [1.82, 2.24) is 4.72 Å². The first-order chi connectivity index (χ1) is 9.92. The Hall–Kier alpha value is 0.0500. The molecule has 2 rings (SSSR count). The van der Waals surface area contributed by atoms with Gasteiger partial charge in [-0.1, -0.05) is 26.2 Å². The maximum absolute atomic E-state index is 12.3. The second kappa shape index (κ2) is 7.55. The van der Waals surface area contributed by atoms with Crippen molar-refractivity contribution in [3.05, 3.63) is 14.7 Å². The van der Waals surface area contributed by atoms with Crippen molar-refractivity contribution in [3.63, 3.8) is 0 Å². The lowest BCUT2D eigenvalue weighted by Gasteiger charge is -2.26. The molecule has 4 nitrogen and oxygen atoms in total. The van der Waals surface area contributed by atoms with E-state index in [4.69, 9.17) is 5.73 Å². The lowest BCUT2D eigenvalue weighted by atomic mass is 9.81. The molecule has 1 aliphatic rings. The molecule has 3 N–H and O–H groups in total. The van der Waals surface area contributed by atoms with Gasteiger partial charge in [-0.2, -0.15) is 0 Å². The van der Waals surface area contributed by atoms with Gasteiger partial charge in [0.2, 0.25) is 10.0 Å². The van der Waals surface area contributed by atoms with Crippen molar-refractivity contribution >= 4 is 37.3 Å². The van der Waals surface area contributed by atoms with Crippen LogP contribution in [0.4, 0.5) is 0 Å². The Bertz CT molecular complexity index is 572. The van der Waals surface area contributed by atoms with Gasteiger partial charge in [-0.3, -0.25) is 0 Å². The Morgan fingerprint density at radius 2 is 2.24 bits per heavy atom. The molecule has 1 heterocycles. The highest BCUT2D eigenvalue weighted by Crippen LogP contribution is 2.32. The van der Waals surface area contributed by atoms with Crippen LogP contribution in [0.3, 0.4) is 0 Å². The molecule has 7 heteroatoms. The highest BCUT2D eigenvalue weighted by Gasteiger charge is 2.22. The molecule has 2 unspecified atom stereocenters. The van der Waals surface area contributed by atoms with Crippen LogP contribution in [0.25, 0.3) is 0 Å². The van der Waals surface area contributed by atoms with E-state index in [0.717, 1.165) is 17.2 Å². The van der Waals surface area contributed by atoms with E-state index in [0.29, 0.717) is 27.7 Å². The van der Waals surface area contributed by atoms with Crippen LogP contribution in [0, 0.1) is 11.8 Å². The summed E-state index contributed by atoms with van der Waals surface area (Å²) in [6.45, 7) is 3.16. The highest BCUT2D eigenvalue weighted by molar-refractivity contribution is 9.11. The molecule has 1 fully saturated rings. The summed E-state index contributed by atoms with van der Waals surface area (Å²) in [6, 6.07) is 1.65. The number of thiophene rings is 1. The molecule has 1 aromatic rings. The smallest absolute Gasteiger partial charge is 0.242 e. The molecule has 0 aromatic carbocycles. The van der Waals surface area contributed by atoms with Gasteiger partial charge in [0.1, 0.15) is 4.90 Å². The maximum atomic E-state index is 12.3. The van der Waals surface area contributed by atoms with E-state index < -0.39 is 10.0 Å². The van der Waals surface area contributed by atoms with Crippen LogP contribution in [0.2, 0.25) is 0 Å². The molecule has 120 valence electrons. The first kappa shape index (κ1) is 17.4. The van der Waals surface area contributed by atoms with Crippen molar-refractivity contribution in [2.75, 3.05) is 6.54 Å². The second-order valence-corrected chi connectivity index (χ2v) is 10.1. The zero-order chi connectivity index (χ0) is 15.5. The van der Waals surface area contributed by atoms with Crippen molar-refractivity contribution in [1.29, 1.82) is 0 Å². The molecule has 0 bridgehead atoms. The minimum atomic E-state index is -3.44. The SMILES string of the molecule is CC1CCCC(CCNS(=O)(=O)c2cc(CN)sc2Br)C1. The average Bonchev–Trinajstić information content (AvgIpc) is 2.81. The number of nitrogens with one attached hydrogen (secondary N) is 1. The summed E-state index contributed by atoms with van der Waals surface area (Å²) in [5.41, 5.74) is 5.56. The molecule has 1 saturated carbocycles. The molecular formula is C14H23BrN2O2S2. The van der Waals surface area contributed by atoms with E-state index in [-0.39, 0.29) is 0 Å². The van der Waals surface area contributed by atoms with E-state index in [1.807, 2.05) is 0 Å². The minimum Gasteiger partial charge on any atom is -0.326 e. The third kappa shape index (κ3) is 4.76. The Morgan fingerprint density at radius 1 is 1.48 bits per heavy atom. The standard InChI is InChI=1S/C14H23BrN2O2S2/c1-10-3-2-4-11(7-10)5-6-17-21(18,19)13-8-12(9-16)20-14(13)15/h8,10-11,17H,2-7,9,16H2,1H3. The summed E-state index contributed by atoms with van der Waals surface area (Å²) in [4.78, 5) is 1.17. The lowest BCUT2D eigenvalue weighted by Crippen LogP contribution is -2.27. The largest absolute Gasteiger partial charge is 0.326 e. The first-order valence-electron chi connectivity index (χ1n) is 7.40. The third-order valence-corrected chi connectivity index (χ3v) is 7.82. The van der Waals surface area contributed by atoms with E-state index in [9.17, 15) is 8.42 Å². The predicted molar refractivity (Wildman–Crippen MR) is 90.8 cm³/mol. The van der Waals surface area contributed by atoms with Gasteiger partial charge in [-0.05, 0) is 46.7 Å². The Kier molecular flexibility index (Phi) is 6.25. The zero-order valence-electron chi connectivity index (χ0n) is 12.3. The summed E-state index contributed by atoms with van der Waals surface area (Å²) in [7, 11) is -3.44. The molecule has 0 amide bonds. The van der Waals surface area contributed by atoms with Crippen LogP contribution in [-0.2, 0) is 16.6 Å². The Labute approximate surface area is 139 Å². The molecule has 0 aliphatic heterocycles. The van der Waals surface area contributed by atoms with Crippen LogP contribution < -0.4 is 10.5 Å². The maximum Gasteiger partial charge on any atom is 0.242 e. The van der Waals surface area contributed by atoms with Crippen LogP contribution in [0.15, 0.2) is 14.7 Å². The first-order valence-corrected chi connectivity index (χ1v) is 10.5. The number of hydrogen-bond donors (Lipinski definition) is 2. The monoisotopic (exact) mass is 394 g/mol. The van der Waals surface area contributed by atoms with Gasteiger partial charge in [-0.15, -0.1) is 11.3 Å². The topological polar surface area (TPSA) is 72.2 Å². The number of rotatable bonds is 6. The molecule has 1 aromatic heterocycles. The minimum absolute atomic E-state index is 0.310. The van der Waals surface area contributed by atoms with E-state index in [1.165, 1.54) is 37.0 Å². The van der Waals surface area contributed by atoms with Crippen LogP contribution in [-0.4, -0.2) is 15.0 Å². The summed E-state index contributed by atoms with van der Waals surface area (Å²) in [6.07, 6.45) is 5.96. The Balaban J connectivity index is 1.90. The Morgan fingerprint density at radius 3 is 2.86 bits per heavy atom. The fraction of sp³-hybridized carbons (Fsp3) is 0.714. The fourth-order valence-corrected chi connectivity index (χ4v) is 6.59. The average molecular weight is 395 g/mol. The molecular weight excluding hydrogens is 372 g/mol. The molecule has 0 spiro atoms. The number of hydrogen-bond acceptors (Lipinski definition) is 4. The van der Waals surface area contributed by atoms with Crippen LogP contribution >= 0.6 is 27.3 Å². The summed E-state index contributed by atoms with van der Waals surface area (Å²) in [5.74, 6) is 1.43.